The topological polar surface area (TPSA) is 69.8 Å². The van der Waals surface area contributed by atoms with Crippen LogP contribution in [0.15, 0.2) is 42.6 Å². The summed E-state index contributed by atoms with van der Waals surface area (Å²) in [5, 5.41) is 14.3. The number of aromatic amines is 1. The van der Waals surface area contributed by atoms with Crippen LogP contribution in [0.25, 0.3) is 10.9 Å². The van der Waals surface area contributed by atoms with Crippen LogP contribution >= 0.6 is 0 Å². The first-order valence-electron chi connectivity index (χ1n) is 9.21. The van der Waals surface area contributed by atoms with Crippen LogP contribution in [0.4, 0.5) is 10.5 Å². The van der Waals surface area contributed by atoms with E-state index >= 15 is 0 Å². The van der Waals surface area contributed by atoms with Crippen molar-refractivity contribution in [3.05, 3.63) is 59.3 Å². The normalized spacial score (nSPS) is 19.6. The fraction of sp³-hybridized carbons (Fsp3) is 0.333. The van der Waals surface area contributed by atoms with E-state index in [4.69, 9.17) is 0 Å². The number of anilines is 1. The maximum absolute atomic E-state index is 12.7. The molecule has 2 atom stereocenters. The first-order chi connectivity index (χ1) is 12.6. The highest BCUT2D eigenvalue weighted by molar-refractivity contribution is 5.93. The molecule has 3 aromatic rings. The van der Waals surface area contributed by atoms with Gasteiger partial charge in [0.15, 0.2) is 0 Å². The molecule has 0 bridgehead atoms. The summed E-state index contributed by atoms with van der Waals surface area (Å²) >= 11 is 0. The number of H-pyrrole nitrogens is 1. The smallest absolute Gasteiger partial charge is 0.319 e. The average Bonchev–Trinajstić information content (AvgIpc) is 3.03. The van der Waals surface area contributed by atoms with Gasteiger partial charge in [-0.25, -0.2) is 4.79 Å². The Bertz CT molecular complexity index is 946. The zero-order valence-corrected chi connectivity index (χ0v) is 15.2. The van der Waals surface area contributed by atoms with Gasteiger partial charge < -0.3 is 10.6 Å². The van der Waals surface area contributed by atoms with Crippen LogP contribution in [0.3, 0.4) is 0 Å². The summed E-state index contributed by atoms with van der Waals surface area (Å²) in [6.07, 6.45) is 5.15. The van der Waals surface area contributed by atoms with E-state index in [-0.39, 0.29) is 12.1 Å². The molecule has 0 spiro atoms. The molecular weight excluding hydrogens is 324 g/mol. The minimum atomic E-state index is -0.170. The molecule has 1 heterocycles. The van der Waals surface area contributed by atoms with Gasteiger partial charge in [-0.3, -0.25) is 5.10 Å². The zero-order chi connectivity index (χ0) is 18.1. The van der Waals surface area contributed by atoms with Crippen molar-refractivity contribution < 1.29 is 4.79 Å². The molecule has 134 valence electrons. The third-order valence-corrected chi connectivity index (χ3v) is 5.37. The third kappa shape index (κ3) is 3.17. The molecule has 0 fully saturated rings. The Morgan fingerprint density at radius 2 is 2.12 bits per heavy atom. The van der Waals surface area contributed by atoms with E-state index in [1.165, 1.54) is 11.1 Å². The van der Waals surface area contributed by atoms with Crippen molar-refractivity contribution in [2.75, 3.05) is 5.32 Å². The van der Waals surface area contributed by atoms with Crippen molar-refractivity contribution in [3.8, 4) is 0 Å². The second-order valence-electron chi connectivity index (χ2n) is 7.27. The molecule has 0 saturated heterocycles. The Morgan fingerprint density at radius 1 is 1.27 bits per heavy atom. The van der Waals surface area contributed by atoms with E-state index in [0.717, 1.165) is 41.4 Å². The van der Waals surface area contributed by atoms with Gasteiger partial charge in [0, 0.05) is 11.1 Å². The molecule has 1 aliphatic rings. The number of rotatable bonds is 2. The van der Waals surface area contributed by atoms with Crippen LogP contribution in [-0.2, 0) is 6.42 Å². The van der Waals surface area contributed by atoms with Gasteiger partial charge in [-0.05, 0) is 60.9 Å². The van der Waals surface area contributed by atoms with Crippen LogP contribution in [0.2, 0.25) is 0 Å². The van der Waals surface area contributed by atoms with Crippen LogP contribution < -0.4 is 10.6 Å². The molecule has 5 heteroatoms. The van der Waals surface area contributed by atoms with Crippen LogP contribution in [0, 0.1) is 12.8 Å². The van der Waals surface area contributed by atoms with Gasteiger partial charge >= 0.3 is 6.03 Å². The Labute approximate surface area is 153 Å². The van der Waals surface area contributed by atoms with Crippen molar-refractivity contribution in [2.24, 2.45) is 5.92 Å². The molecule has 2 unspecified atom stereocenters. The summed E-state index contributed by atoms with van der Waals surface area (Å²) in [5.41, 5.74) is 5.37. The Kier molecular flexibility index (Phi) is 4.37. The Hall–Kier alpha value is -2.82. The SMILES string of the molecule is Cc1cc(NC(=O)NC2c3ccccc3CCCC2C)cc2[nH]ncc12. The second-order valence-corrected chi connectivity index (χ2v) is 7.27. The van der Waals surface area contributed by atoms with Crippen LogP contribution in [0.5, 0.6) is 0 Å². The largest absolute Gasteiger partial charge is 0.331 e. The molecule has 5 nitrogen and oxygen atoms in total. The first-order valence-corrected chi connectivity index (χ1v) is 9.21. The van der Waals surface area contributed by atoms with Crippen molar-refractivity contribution in [1.29, 1.82) is 0 Å². The van der Waals surface area contributed by atoms with Crippen LogP contribution in [0.1, 0.15) is 42.5 Å². The number of fused-ring (bicyclic) bond motifs is 2. The molecule has 1 aliphatic carbocycles. The standard InChI is InChI=1S/C21H24N4O/c1-13-6-5-8-15-7-3-4-9-17(15)20(13)24-21(26)23-16-10-14(2)18-12-22-25-19(18)11-16/h3-4,7,9-13,20H,5-6,8H2,1-2H3,(H,22,25)(H2,23,24,26). The number of carbonyl (C=O) groups excluding carboxylic acids is 1. The molecule has 1 aromatic heterocycles. The molecule has 2 aromatic carbocycles. The van der Waals surface area contributed by atoms with Crippen LogP contribution in [-0.4, -0.2) is 16.2 Å². The zero-order valence-electron chi connectivity index (χ0n) is 15.2. The number of amides is 2. The molecular formula is C21H24N4O. The molecule has 3 N–H and O–H groups in total. The summed E-state index contributed by atoms with van der Waals surface area (Å²) in [7, 11) is 0. The quantitative estimate of drug-likeness (QED) is 0.587. The van der Waals surface area contributed by atoms with Gasteiger partial charge in [0.1, 0.15) is 0 Å². The Morgan fingerprint density at radius 3 is 3.00 bits per heavy atom. The lowest BCUT2D eigenvalue weighted by atomic mass is 9.92. The first kappa shape index (κ1) is 16.6. The number of nitrogens with one attached hydrogen (secondary N) is 3. The number of hydrogen-bond acceptors (Lipinski definition) is 2. The van der Waals surface area contributed by atoms with Gasteiger partial charge in [0.05, 0.1) is 17.8 Å². The summed E-state index contributed by atoms with van der Waals surface area (Å²) in [4.78, 5) is 12.7. The molecule has 0 saturated carbocycles. The lowest BCUT2D eigenvalue weighted by Gasteiger charge is -2.25. The van der Waals surface area contributed by atoms with Gasteiger partial charge in [-0.15, -0.1) is 0 Å². The molecule has 0 aliphatic heterocycles. The van der Waals surface area contributed by atoms with Crippen molar-refractivity contribution in [1.82, 2.24) is 15.5 Å². The molecule has 2 amide bonds. The number of hydrogen-bond donors (Lipinski definition) is 3. The van der Waals surface area contributed by atoms with Gasteiger partial charge in [-0.1, -0.05) is 31.2 Å². The number of benzene rings is 2. The molecule has 0 radical (unpaired) electrons. The highest BCUT2D eigenvalue weighted by Gasteiger charge is 2.26. The van der Waals surface area contributed by atoms with E-state index in [0.29, 0.717) is 5.92 Å². The number of aromatic nitrogens is 2. The average molecular weight is 348 g/mol. The maximum Gasteiger partial charge on any atom is 0.319 e. The molecule has 4 rings (SSSR count). The predicted octanol–water partition coefficient (Wildman–Crippen LogP) is 4.71. The summed E-state index contributed by atoms with van der Waals surface area (Å²) in [6.45, 7) is 4.23. The van der Waals surface area contributed by atoms with Crippen molar-refractivity contribution in [2.45, 2.75) is 39.2 Å². The maximum atomic E-state index is 12.7. The van der Waals surface area contributed by atoms with E-state index < -0.39 is 0 Å². The van der Waals surface area contributed by atoms with E-state index in [2.05, 4.69) is 52.0 Å². The molecule has 26 heavy (non-hydrogen) atoms. The monoisotopic (exact) mass is 348 g/mol. The summed E-state index contributed by atoms with van der Waals surface area (Å²) in [6, 6.07) is 12.2. The summed E-state index contributed by atoms with van der Waals surface area (Å²) in [5.74, 6) is 0.404. The van der Waals surface area contributed by atoms with E-state index in [1.54, 1.807) is 6.20 Å². The summed E-state index contributed by atoms with van der Waals surface area (Å²) < 4.78 is 0. The highest BCUT2D eigenvalue weighted by Crippen LogP contribution is 2.33. The predicted molar refractivity (Wildman–Crippen MR) is 104 cm³/mol. The number of urea groups is 1. The lowest BCUT2D eigenvalue weighted by molar-refractivity contribution is 0.243. The minimum absolute atomic E-state index is 0.0330. The van der Waals surface area contributed by atoms with E-state index in [9.17, 15) is 4.79 Å². The second kappa shape index (κ2) is 6.83. The number of nitrogens with zero attached hydrogens (tertiary/aromatic N) is 1. The lowest BCUT2D eigenvalue weighted by Crippen LogP contribution is -2.35. The van der Waals surface area contributed by atoms with Gasteiger partial charge in [-0.2, -0.15) is 5.10 Å². The fourth-order valence-electron chi connectivity index (χ4n) is 3.98. The van der Waals surface area contributed by atoms with E-state index in [1.807, 2.05) is 19.1 Å². The number of aryl methyl sites for hydroxylation is 2. The van der Waals surface area contributed by atoms with Crippen molar-refractivity contribution in [3.63, 3.8) is 0 Å². The van der Waals surface area contributed by atoms with Gasteiger partial charge in [0.2, 0.25) is 0 Å². The highest BCUT2D eigenvalue weighted by atomic mass is 16.2. The number of carbonyl (C=O) groups is 1. The van der Waals surface area contributed by atoms with Crippen molar-refractivity contribution >= 4 is 22.6 Å². The fourth-order valence-corrected chi connectivity index (χ4v) is 3.98. The Balaban J connectivity index is 1.55. The minimum Gasteiger partial charge on any atom is -0.331 e. The van der Waals surface area contributed by atoms with Gasteiger partial charge in [0.25, 0.3) is 0 Å². The third-order valence-electron chi connectivity index (χ3n) is 5.37.